The van der Waals surface area contributed by atoms with Crippen molar-refractivity contribution in [3.05, 3.63) is 58.1 Å². The Labute approximate surface area is 138 Å². The molecular weight excluding hydrogens is 346 g/mol. The van der Waals surface area contributed by atoms with Crippen molar-refractivity contribution in [3.8, 4) is 11.5 Å². The molecule has 2 aromatic rings. The van der Waals surface area contributed by atoms with Crippen molar-refractivity contribution in [2.75, 3.05) is 20.8 Å². The Kier molecular flexibility index (Phi) is 5.83. The second-order valence-electron chi connectivity index (χ2n) is 4.66. The van der Waals surface area contributed by atoms with Crippen molar-refractivity contribution >= 4 is 21.8 Å². The predicted octanol–water partition coefficient (Wildman–Crippen LogP) is 3.44. The molecule has 1 amide bonds. The molecule has 5 heteroatoms. The second kappa shape index (κ2) is 7.84. The van der Waals surface area contributed by atoms with Gasteiger partial charge in [-0.2, -0.15) is 0 Å². The number of nitrogens with one attached hydrogen (secondary N) is 1. The van der Waals surface area contributed by atoms with Crippen LogP contribution in [0.25, 0.3) is 0 Å². The van der Waals surface area contributed by atoms with Gasteiger partial charge in [-0.3, -0.25) is 4.79 Å². The van der Waals surface area contributed by atoms with Crippen LogP contribution in [0.1, 0.15) is 15.9 Å². The highest BCUT2D eigenvalue weighted by molar-refractivity contribution is 9.10. The fourth-order valence-corrected chi connectivity index (χ4v) is 2.55. The molecule has 116 valence electrons. The summed E-state index contributed by atoms with van der Waals surface area (Å²) in [5.74, 6) is 1.35. The highest BCUT2D eigenvalue weighted by Crippen LogP contribution is 2.22. The van der Waals surface area contributed by atoms with E-state index in [1.165, 1.54) is 0 Å². The van der Waals surface area contributed by atoms with Gasteiger partial charge >= 0.3 is 0 Å². The predicted molar refractivity (Wildman–Crippen MR) is 89.7 cm³/mol. The molecule has 4 nitrogen and oxygen atoms in total. The molecule has 0 fully saturated rings. The third-order valence-electron chi connectivity index (χ3n) is 3.29. The number of halogens is 1. The normalized spacial score (nSPS) is 10.1. The van der Waals surface area contributed by atoms with Gasteiger partial charge in [-0.15, -0.1) is 0 Å². The monoisotopic (exact) mass is 363 g/mol. The Bertz CT molecular complexity index is 658. The van der Waals surface area contributed by atoms with Gasteiger partial charge in [0.05, 0.1) is 19.8 Å². The Hall–Kier alpha value is -2.01. The van der Waals surface area contributed by atoms with Gasteiger partial charge in [-0.25, -0.2) is 0 Å². The fraction of sp³-hybridized carbons (Fsp3) is 0.235. The molecule has 0 aliphatic rings. The number of rotatable bonds is 6. The van der Waals surface area contributed by atoms with E-state index in [0.717, 1.165) is 15.8 Å². The van der Waals surface area contributed by atoms with E-state index in [0.29, 0.717) is 24.3 Å². The van der Waals surface area contributed by atoms with Gasteiger partial charge in [0, 0.05) is 11.0 Å². The summed E-state index contributed by atoms with van der Waals surface area (Å²) in [5.41, 5.74) is 1.62. The van der Waals surface area contributed by atoms with Gasteiger partial charge in [0.1, 0.15) is 11.5 Å². The number of ether oxygens (including phenoxy) is 2. The molecule has 0 aromatic heterocycles. The zero-order valence-corrected chi connectivity index (χ0v) is 14.1. The van der Waals surface area contributed by atoms with Crippen LogP contribution in [0, 0.1) is 0 Å². The van der Waals surface area contributed by atoms with Crippen LogP contribution in [-0.2, 0) is 6.42 Å². The molecular formula is C17H18BrNO3. The molecule has 1 N–H and O–H groups in total. The molecule has 0 aliphatic carbocycles. The van der Waals surface area contributed by atoms with Crippen molar-refractivity contribution in [1.82, 2.24) is 5.32 Å². The Balaban J connectivity index is 1.98. The standard InChI is InChI=1S/C17H18BrNO3/c1-21-13-7-8-15(18)14(11-13)17(20)19-10-9-12-5-3-4-6-16(12)22-2/h3-8,11H,9-10H2,1-2H3,(H,19,20). The summed E-state index contributed by atoms with van der Waals surface area (Å²) in [6.45, 7) is 0.531. The largest absolute Gasteiger partial charge is 0.497 e. The Morgan fingerprint density at radius 3 is 2.64 bits per heavy atom. The third-order valence-corrected chi connectivity index (χ3v) is 3.98. The molecule has 0 spiro atoms. The second-order valence-corrected chi connectivity index (χ2v) is 5.52. The SMILES string of the molecule is COc1ccc(Br)c(C(=O)NCCc2ccccc2OC)c1. The number of methoxy groups -OCH3 is 2. The maximum Gasteiger partial charge on any atom is 0.252 e. The smallest absolute Gasteiger partial charge is 0.252 e. The Morgan fingerprint density at radius 1 is 1.14 bits per heavy atom. The minimum absolute atomic E-state index is 0.138. The Morgan fingerprint density at radius 2 is 1.91 bits per heavy atom. The zero-order valence-electron chi connectivity index (χ0n) is 12.6. The lowest BCUT2D eigenvalue weighted by Gasteiger charge is -2.10. The maximum absolute atomic E-state index is 12.3. The van der Waals surface area contributed by atoms with E-state index in [2.05, 4.69) is 21.2 Å². The molecule has 0 radical (unpaired) electrons. The third kappa shape index (κ3) is 4.01. The molecule has 0 unspecified atom stereocenters. The topological polar surface area (TPSA) is 47.6 Å². The van der Waals surface area contributed by atoms with Crippen LogP contribution >= 0.6 is 15.9 Å². The van der Waals surface area contributed by atoms with E-state index in [1.54, 1.807) is 32.4 Å². The van der Waals surface area contributed by atoms with E-state index >= 15 is 0 Å². The van der Waals surface area contributed by atoms with Crippen LogP contribution in [0.4, 0.5) is 0 Å². The number of carbonyl (C=O) groups excluding carboxylic acids is 1. The lowest BCUT2D eigenvalue weighted by atomic mass is 10.1. The average molecular weight is 364 g/mol. The van der Waals surface area contributed by atoms with E-state index in [9.17, 15) is 4.79 Å². The zero-order chi connectivity index (χ0) is 15.9. The molecule has 0 saturated carbocycles. The van der Waals surface area contributed by atoms with Gasteiger partial charge < -0.3 is 14.8 Å². The lowest BCUT2D eigenvalue weighted by molar-refractivity contribution is 0.0953. The first kappa shape index (κ1) is 16.4. The number of carbonyl (C=O) groups is 1. The van der Waals surface area contributed by atoms with Crippen LogP contribution in [-0.4, -0.2) is 26.7 Å². The number of amides is 1. The summed E-state index contributed by atoms with van der Waals surface area (Å²) >= 11 is 3.38. The van der Waals surface area contributed by atoms with E-state index < -0.39 is 0 Å². The van der Waals surface area contributed by atoms with Crippen molar-refractivity contribution in [1.29, 1.82) is 0 Å². The number of para-hydroxylation sites is 1. The maximum atomic E-state index is 12.3. The molecule has 0 saturated heterocycles. The molecule has 0 heterocycles. The minimum Gasteiger partial charge on any atom is -0.497 e. The van der Waals surface area contributed by atoms with Gasteiger partial charge in [0.15, 0.2) is 0 Å². The molecule has 0 bridgehead atoms. The first-order valence-electron chi connectivity index (χ1n) is 6.89. The summed E-state index contributed by atoms with van der Waals surface area (Å²) in [6, 6.07) is 13.1. The summed E-state index contributed by atoms with van der Waals surface area (Å²) in [7, 11) is 3.22. The van der Waals surface area contributed by atoms with E-state index in [4.69, 9.17) is 9.47 Å². The molecule has 22 heavy (non-hydrogen) atoms. The van der Waals surface area contributed by atoms with Crippen molar-refractivity contribution in [2.45, 2.75) is 6.42 Å². The van der Waals surface area contributed by atoms with Crippen LogP contribution in [0.5, 0.6) is 11.5 Å². The van der Waals surface area contributed by atoms with Crippen LogP contribution in [0.2, 0.25) is 0 Å². The molecule has 2 rings (SSSR count). The molecule has 2 aromatic carbocycles. The summed E-state index contributed by atoms with van der Waals surface area (Å²) in [6.07, 6.45) is 0.706. The summed E-state index contributed by atoms with van der Waals surface area (Å²) < 4.78 is 11.2. The number of benzene rings is 2. The number of hydrogen-bond donors (Lipinski definition) is 1. The summed E-state index contributed by atoms with van der Waals surface area (Å²) in [5, 5.41) is 2.91. The summed E-state index contributed by atoms with van der Waals surface area (Å²) in [4.78, 5) is 12.3. The van der Waals surface area contributed by atoms with E-state index in [1.807, 2.05) is 24.3 Å². The van der Waals surface area contributed by atoms with Gasteiger partial charge in [-0.1, -0.05) is 18.2 Å². The molecule has 0 atom stereocenters. The average Bonchev–Trinajstić information content (AvgIpc) is 2.55. The first-order chi connectivity index (χ1) is 10.7. The van der Waals surface area contributed by atoms with Gasteiger partial charge in [0.25, 0.3) is 5.91 Å². The van der Waals surface area contributed by atoms with Crippen molar-refractivity contribution in [2.24, 2.45) is 0 Å². The lowest BCUT2D eigenvalue weighted by Crippen LogP contribution is -2.26. The quantitative estimate of drug-likeness (QED) is 0.854. The van der Waals surface area contributed by atoms with E-state index in [-0.39, 0.29) is 5.91 Å². The highest BCUT2D eigenvalue weighted by atomic mass is 79.9. The van der Waals surface area contributed by atoms with Crippen LogP contribution in [0.3, 0.4) is 0 Å². The van der Waals surface area contributed by atoms with Crippen molar-refractivity contribution in [3.63, 3.8) is 0 Å². The van der Waals surface area contributed by atoms with Crippen LogP contribution in [0.15, 0.2) is 46.9 Å². The van der Waals surface area contributed by atoms with Gasteiger partial charge in [0.2, 0.25) is 0 Å². The number of hydrogen-bond acceptors (Lipinski definition) is 3. The first-order valence-corrected chi connectivity index (χ1v) is 7.68. The minimum atomic E-state index is -0.138. The van der Waals surface area contributed by atoms with Gasteiger partial charge in [-0.05, 0) is 52.2 Å². The van der Waals surface area contributed by atoms with Crippen LogP contribution < -0.4 is 14.8 Å². The fourth-order valence-electron chi connectivity index (χ4n) is 2.12. The van der Waals surface area contributed by atoms with Crippen molar-refractivity contribution < 1.29 is 14.3 Å². The highest BCUT2D eigenvalue weighted by Gasteiger charge is 2.11. The molecule has 0 aliphatic heterocycles.